The molecular weight excluding hydrogens is 182 g/mol. The molecule has 0 amide bonds. The van der Waals surface area contributed by atoms with E-state index in [2.05, 4.69) is 4.98 Å². The zero-order chi connectivity index (χ0) is 9.80. The Morgan fingerprint density at radius 2 is 2.50 bits per heavy atom. The second kappa shape index (κ2) is 4.57. The molecule has 1 unspecified atom stereocenters. The highest BCUT2D eigenvalue weighted by Gasteiger charge is 2.14. The molecule has 78 valence electrons. The lowest BCUT2D eigenvalue weighted by molar-refractivity contribution is -0.172. The quantitative estimate of drug-likeness (QED) is 0.743. The minimum atomic E-state index is -0.0732. The van der Waals surface area contributed by atoms with Gasteiger partial charge in [-0.25, -0.2) is 4.98 Å². The molecule has 0 bridgehead atoms. The Morgan fingerprint density at radius 1 is 1.57 bits per heavy atom. The van der Waals surface area contributed by atoms with E-state index < -0.39 is 0 Å². The first-order valence-electron chi connectivity index (χ1n) is 4.99. The van der Waals surface area contributed by atoms with Crippen LogP contribution in [0.5, 0.6) is 0 Å². The lowest BCUT2D eigenvalue weighted by Crippen LogP contribution is -2.22. The SMILES string of the molecule is Cc1cnc(COC2CCCCO2)o1. The largest absolute Gasteiger partial charge is 0.443 e. The summed E-state index contributed by atoms with van der Waals surface area (Å²) in [6.07, 6.45) is 4.91. The standard InChI is InChI=1S/C10H15NO3/c1-8-6-11-9(14-8)7-13-10-4-2-3-5-12-10/h6,10H,2-5,7H2,1H3. The van der Waals surface area contributed by atoms with Crippen LogP contribution in [-0.2, 0) is 16.1 Å². The van der Waals surface area contributed by atoms with E-state index in [4.69, 9.17) is 13.9 Å². The van der Waals surface area contributed by atoms with Gasteiger partial charge in [-0.2, -0.15) is 0 Å². The third kappa shape index (κ3) is 2.56. The Hall–Kier alpha value is -0.870. The van der Waals surface area contributed by atoms with E-state index in [9.17, 15) is 0 Å². The molecule has 0 radical (unpaired) electrons. The second-order valence-electron chi connectivity index (χ2n) is 3.47. The number of aryl methyl sites for hydroxylation is 1. The number of nitrogens with zero attached hydrogens (tertiary/aromatic N) is 1. The molecule has 0 saturated carbocycles. The van der Waals surface area contributed by atoms with Crippen molar-refractivity contribution in [3.8, 4) is 0 Å². The predicted octanol–water partition coefficient (Wildman–Crippen LogP) is 2.03. The summed E-state index contributed by atoms with van der Waals surface area (Å²) in [7, 11) is 0. The summed E-state index contributed by atoms with van der Waals surface area (Å²) in [5.74, 6) is 1.44. The molecule has 14 heavy (non-hydrogen) atoms. The van der Waals surface area contributed by atoms with Gasteiger partial charge in [0.25, 0.3) is 0 Å². The van der Waals surface area contributed by atoms with Crippen LogP contribution in [0.4, 0.5) is 0 Å². The van der Waals surface area contributed by atoms with Gasteiger partial charge in [0.1, 0.15) is 12.4 Å². The third-order valence-electron chi connectivity index (χ3n) is 2.20. The van der Waals surface area contributed by atoms with Crippen molar-refractivity contribution in [2.24, 2.45) is 0 Å². The molecule has 0 aromatic carbocycles. The van der Waals surface area contributed by atoms with Crippen LogP contribution >= 0.6 is 0 Å². The Kier molecular flexibility index (Phi) is 3.16. The van der Waals surface area contributed by atoms with Crippen LogP contribution in [0.1, 0.15) is 30.9 Å². The molecule has 4 nitrogen and oxygen atoms in total. The van der Waals surface area contributed by atoms with Gasteiger partial charge in [-0.05, 0) is 26.2 Å². The molecular formula is C10H15NO3. The van der Waals surface area contributed by atoms with Crippen LogP contribution in [0.2, 0.25) is 0 Å². The molecule has 0 spiro atoms. The molecule has 0 N–H and O–H groups in total. The van der Waals surface area contributed by atoms with Gasteiger partial charge in [0.2, 0.25) is 5.89 Å². The highest BCUT2D eigenvalue weighted by Crippen LogP contribution is 2.15. The maximum absolute atomic E-state index is 5.50. The molecule has 2 rings (SSSR count). The van der Waals surface area contributed by atoms with E-state index in [1.807, 2.05) is 6.92 Å². The lowest BCUT2D eigenvalue weighted by atomic mass is 10.2. The van der Waals surface area contributed by atoms with E-state index in [1.54, 1.807) is 6.20 Å². The lowest BCUT2D eigenvalue weighted by Gasteiger charge is -2.21. The van der Waals surface area contributed by atoms with Gasteiger partial charge in [0, 0.05) is 6.61 Å². The fraction of sp³-hybridized carbons (Fsp3) is 0.700. The molecule has 1 aliphatic rings. The van der Waals surface area contributed by atoms with E-state index in [-0.39, 0.29) is 6.29 Å². The topological polar surface area (TPSA) is 44.5 Å². The van der Waals surface area contributed by atoms with Gasteiger partial charge in [0.05, 0.1) is 6.20 Å². The summed E-state index contributed by atoms with van der Waals surface area (Å²) in [6, 6.07) is 0. The van der Waals surface area contributed by atoms with Crippen molar-refractivity contribution in [1.82, 2.24) is 4.98 Å². The monoisotopic (exact) mass is 197 g/mol. The normalized spacial score (nSPS) is 22.5. The molecule has 1 saturated heterocycles. The number of aromatic nitrogens is 1. The Labute approximate surface area is 83.2 Å². The molecule has 1 aromatic heterocycles. The van der Waals surface area contributed by atoms with Crippen molar-refractivity contribution < 1.29 is 13.9 Å². The van der Waals surface area contributed by atoms with E-state index in [1.165, 1.54) is 6.42 Å². The molecule has 1 atom stereocenters. The summed E-state index contributed by atoms with van der Waals surface area (Å²) in [4.78, 5) is 4.05. The fourth-order valence-corrected chi connectivity index (χ4v) is 1.48. The molecule has 2 heterocycles. The van der Waals surface area contributed by atoms with E-state index >= 15 is 0 Å². The Bertz CT molecular complexity index is 279. The second-order valence-corrected chi connectivity index (χ2v) is 3.47. The highest BCUT2D eigenvalue weighted by molar-refractivity contribution is 4.89. The fourth-order valence-electron chi connectivity index (χ4n) is 1.48. The first kappa shape index (κ1) is 9.68. The van der Waals surface area contributed by atoms with Gasteiger partial charge in [0.15, 0.2) is 6.29 Å². The predicted molar refractivity (Wildman–Crippen MR) is 49.6 cm³/mol. The highest BCUT2D eigenvalue weighted by atomic mass is 16.7. The van der Waals surface area contributed by atoms with Crippen LogP contribution in [0, 0.1) is 6.92 Å². The number of hydrogen-bond acceptors (Lipinski definition) is 4. The summed E-state index contributed by atoms with van der Waals surface area (Å²) >= 11 is 0. The Balaban J connectivity index is 1.76. The summed E-state index contributed by atoms with van der Waals surface area (Å²) in [5, 5.41) is 0. The van der Waals surface area contributed by atoms with Crippen molar-refractivity contribution in [1.29, 1.82) is 0 Å². The van der Waals surface area contributed by atoms with Gasteiger partial charge < -0.3 is 13.9 Å². The van der Waals surface area contributed by atoms with E-state index in [0.717, 1.165) is 25.2 Å². The maximum Gasteiger partial charge on any atom is 0.220 e. The number of ether oxygens (including phenoxy) is 2. The summed E-state index contributed by atoms with van der Waals surface area (Å²) in [6.45, 7) is 3.07. The minimum absolute atomic E-state index is 0.0732. The molecule has 1 aliphatic heterocycles. The van der Waals surface area contributed by atoms with Crippen molar-refractivity contribution in [2.45, 2.75) is 39.1 Å². The zero-order valence-electron chi connectivity index (χ0n) is 8.36. The average molecular weight is 197 g/mol. The molecule has 1 fully saturated rings. The van der Waals surface area contributed by atoms with Crippen LogP contribution in [0.15, 0.2) is 10.6 Å². The van der Waals surface area contributed by atoms with Gasteiger partial charge in [-0.15, -0.1) is 0 Å². The third-order valence-corrected chi connectivity index (χ3v) is 2.20. The van der Waals surface area contributed by atoms with E-state index in [0.29, 0.717) is 12.5 Å². The smallest absolute Gasteiger partial charge is 0.220 e. The van der Waals surface area contributed by atoms with Crippen LogP contribution in [-0.4, -0.2) is 17.9 Å². The van der Waals surface area contributed by atoms with Gasteiger partial charge >= 0.3 is 0 Å². The van der Waals surface area contributed by atoms with Crippen molar-refractivity contribution in [2.75, 3.05) is 6.61 Å². The zero-order valence-corrected chi connectivity index (χ0v) is 8.36. The van der Waals surface area contributed by atoms with Crippen molar-refractivity contribution >= 4 is 0 Å². The maximum atomic E-state index is 5.50. The average Bonchev–Trinajstić information content (AvgIpc) is 2.63. The summed E-state index contributed by atoms with van der Waals surface area (Å²) < 4.78 is 16.2. The minimum Gasteiger partial charge on any atom is -0.443 e. The van der Waals surface area contributed by atoms with Crippen LogP contribution in [0.25, 0.3) is 0 Å². The molecule has 1 aromatic rings. The summed E-state index contributed by atoms with van der Waals surface area (Å²) in [5.41, 5.74) is 0. The van der Waals surface area contributed by atoms with Gasteiger partial charge in [-0.3, -0.25) is 0 Å². The molecule has 0 aliphatic carbocycles. The van der Waals surface area contributed by atoms with Crippen LogP contribution in [0.3, 0.4) is 0 Å². The van der Waals surface area contributed by atoms with Crippen molar-refractivity contribution in [3.05, 3.63) is 17.8 Å². The Morgan fingerprint density at radius 3 is 3.14 bits per heavy atom. The molecule has 4 heteroatoms. The van der Waals surface area contributed by atoms with Gasteiger partial charge in [-0.1, -0.05) is 0 Å². The number of rotatable bonds is 3. The number of hydrogen-bond donors (Lipinski definition) is 0. The van der Waals surface area contributed by atoms with Crippen LogP contribution < -0.4 is 0 Å². The first-order valence-corrected chi connectivity index (χ1v) is 4.99. The first-order chi connectivity index (χ1) is 6.84. The van der Waals surface area contributed by atoms with Crippen molar-refractivity contribution in [3.63, 3.8) is 0 Å². The number of oxazole rings is 1.